The molecule has 1 saturated heterocycles. The normalized spacial score (nSPS) is 31.7. The highest BCUT2D eigenvalue weighted by atomic mass is 16.2. The van der Waals surface area contributed by atoms with E-state index in [9.17, 15) is 4.79 Å². The first-order valence-electron chi connectivity index (χ1n) is 8.20. The Morgan fingerprint density at radius 2 is 1.95 bits per heavy atom. The predicted molar refractivity (Wildman–Crippen MR) is 79.0 cm³/mol. The zero-order chi connectivity index (χ0) is 13.7. The molecule has 2 aliphatic rings. The van der Waals surface area contributed by atoms with Gasteiger partial charge >= 0.3 is 0 Å². The molecule has 0 spiro atoms. The first kappa shape index (κ1) is 14.8. The molecular formula is C16H30N2O. The number of rotatable bonds is 5. The Bertz CT molecular complexity index is 284. The fourth-order valence-electron chi connectivity index (χ4n) is 3.65. The molecule has 1 unspecified atom stereocenters. The van der Waals surface area contributed by atoms with Crippen molar-refractivity contribution < 1.29 is 4.79 Å². The van der Waals surface area contributed by atoms with Crippen LogP contribution in [0.1, 0.15) is 58.3 Å². The summed E-state index contributed by atoms with van der Waals surface area (Å²) in [5, 5.41) is 3.29. The first-order chi connectivity index (χ1) is 9.24. The molecule has 1 heterocycles. The van der Waals surface area contributed by atoms with Crippen molar-refractivity contribution in [1.29, 1.82) is 0 Å². The summed E-state index contributed by atoms with van der Waals surface area (Å²) >= 11 is 0. The summed E-state index contributed by atoms with van der Waals surface area (Å²) in [6, 6.07) is 0.518. The van der Waals surface area contributed by atoms with E-state index in [0.717, 1.165) is 38.3 Å². The highest BCUT2D eigenvalue weighted by Gasteiger charge is 2.32. The van der Waals surface area contributed by atoms with E-state index in [1.54, 1.807) is 0 Å². The van der Waals surface area contributed by atoms with Gasteiger partial charge in [0.05, 0.1) is 0 Å². The van der Waals surface area contributed by atoms with Crippen LogP contribution in [0.4, 0.5) is 0 Å². The Kier molecular flexibility index (Phi) is 5.68. The molecule has 3 heteroatoms. The standard InChI is InChI=1S/C16H30N2O/c1-3-4-5-13-6-8-14(9-7-13)16(19)18-11-10-15(12-18)17-2/h13-15,17H,3-12H2,1-2H3. The molecule has 0 aromatic carbocycles. The third kappa shape index (κ3) is 3.95. The van der Waals surface area contributed by atoms with Crippen LogP contribution < -0.4 is 5.32 Å². The van der Waals surface area contributed by atoms with Gasteiger partial charge in [-0.3, -0.25) is 4.79 Å². The number of carbonyl (C=O) groups excluding carboxylic acids is 1. The van der Waals surface area contributed by atoms with Gasteiger partial charge in [0.1, 0.15) is 0 Å². The van der Waals surface area contributed by atoms with Gasteiger partial charge in [0, 0.05) is 25.0 Å². The van der Waals surface area contributed by atoms with Gasteiger partial charge in [0.2, 0.25) is 5.91 Å². The van der Waals surface area contributed by atoms with Crippen molar-refractivity contribution in [3.8, 4) is 0 Å². The van der Waals surface area contributed by atoms with Crippen LogP contribution in [0.15, 0.2) is 0 Å². The lowest BCUT2D eigenvalue weighted by Gasteiger charge is -2.30. The summed E-state index contributed by atoms with van der Waals surface area (Å²) in [5.74, 6) is 1.66. The molecule has 1 aliphatic heterocycles. The van der Waals surface area contributed by atoms with Gasteiger partial charge in [-0.25, -0.2) is 0 Å². The molecule has 0 bridgehead atoms. The number of carbonyl (C=O) groups is 1. The molecule has 0 aromatic rings. The number of likely N-dealkylation sites (tertiary alicyclic amines) is 1. The van der Waals surface area contributed by atoms with Crippen molar-refractivity contribution in [2.24, 2.45) is 11.8 Å². The number of unbranched alkanes of at least 4 members (excludes halogenated alkanes) is 1. The molecular weight excluding hydrogens is 236 g/mol. The number of nitrogens with zero attached hydrogens (tertiary/aromatic N) is 1. The van der Waals surface area contributed by atoms with Crippen LogP contribution >= 0.6 is 0 Å². The summed E-state index contributed by atoms with van der Waals surface area (Å²) in [7, 11) is 2.00. The minimum atomic E-state index is 0.327. The second kappa shape index (κ2) is 7.28. The largest absolute Gasteiger partial charge is 0.341 e. The van der Waals surface area contributed by atoms with E-state index in [4.69, 9.17) is 0 Å². The van der Waals surface area contributed by atoms with E-state index in [0.29, 0.717) is 17.9 Å². The summed E-state index contributed by atoms with van der Waals surface area (Å²) in [4.78, 5) is 14.6. The van der Waals surface area contributed by atoms with E-state index in [1.807, 2.05) is 7.05 Å². The second-order valence-corrected chi connectivity index (χ2v) is 6.42. The molecule has 0 radical (unpaired) electrons. The lowest BCUT2D eigenvalue weighted by molar-refractivity contribution is -0.135. The van der Waals surface area contributed by atoms with Crippen molar-refractivity contribution in [3.63, 3.8) is 0 Å². The lowest BCUT2D eigenvalue weighted by atomic mass is 9.79. The maximum Gasteiger partial charge on any atom is 0.225 e. The van der Waals surface area contributed by atoms with Gasteiger partial charge < -0.3 is 10.2 Å². The van der Waals surface area contributed by atoms with Gasteiger partial charge in [-0.1, -0.05) is 26.2 Å². The van der Waals surface area contributed by atoms with Crippen molar-refractivity contribution in [2.45, 2.75) is 64.3 Å². The maximum atomic E-state index is 12.5. The smallest absolute Gasteiger partial charge is 0.225 e. The van der Waals surface area contributed by atoms with E-state index in [2.05, 4.69) is 17.1 Å². The second-order valence-electron chi connectivity index (χ2n) is 6.42. The van der Waals surface area contributed by atoms with Crippen LogP contribution in [0.3, 0.4) is 0 Å². The average molecular weight is 266 g/mol. The maximum absolute atomic E-state index is 12.5. The monoisotopic (exact) mass is 266 g/mol. The van der Waals surface area contributed by atoms with E-state index in [-0.39, 0.29) is 0 Å². The van der Waals surface area contributed by atoms with Crippen LogP contribution in [-0.4, -0.2) is 37.0 Å². The fraction of sp³-hybridized carbons (Fsp3) is 0.938. The van der Waals surface area contributed by atoms with Gasteiger partial charge in [-0.2, -0.15) is 0 Å². The lowest BCUT2D eigenvalue weighted by Crippen LogP contribution is -2.38. The Balaban J connectivity index is 1.73. The van der Waals surface area contributed by atoms with Gasteiger partial charge in [-0.05, 0) is 45.1 Å². The Morgan fingerprint density at radius 1 is 1.21 bits per heavy atom. The highest BCUT2D eigenvalue weighted by Crippen LogP contribution is 2.33. The predicted octanol–water partition coefficient (Wildman–Crippen LogP) is 2.80. The molecule has 1 atom stereocenters. The molecule has 2 fully saturated rings. The summed E-state index contributed by atoms with van der Waals surface area (Å²) < 4.78 is 0. The number of amides is 1. The minimum absolute atomic E-state index is 0.327. The Labute approximate surface area is 118 Å². The quantitative estimate of drug-likeness (QED) is 0.830. The zero-order valence-corrected chi connectivity index (χ0v) is 12.7. The van der Waals surface area contributed by atoms with Crippen LogP contribution in [0.25, 0.3) is 0 Å². The van der Waals surface area contributed by atoms with Crippen LogP contribution in [0.5, 0.6) is 0 Å². The van der Waals surface area contributed by atoms with E-state index >= 15 is 0 Å². The SMILES string of the molecule is CCCCC1CCC(C(=O)N2CCC(NC)C2)CC1. The molecule has 1 saturated carbocycles. The fourth-order valence-corrected chi connectivity index (χ4v) is 3.65. The number of likely N-dealkylation sites (N-methyl/N-ethyl adjacent to an activating group) is 1. The topological polar surface area (TPSA) is 32.3 Å². The zero-order valence-electron chi connectivity index (χ0n) is 12.7. The average Bonchev–Trinajstić information content (AvgIpc) is 2.94. The van der Waals surface area contributed by atoms with E-state index in [1.165, 1.54) is 32.1 Å². The minimum Gasteiger partial charge on any atom is -0.341 e. The summed E-state index contributed by atoms with van der Waals surface area (Å²) in [6.07, 6.45) is 9.98. The number of hydrogen-bond acceptors (Lipinski definition) is 2. The molecule has 1 N–H and O–H groups in total. The molecule has 19 heavy (non-hydrogen) atoms. The molecule has 1 amide bonds. The van der Waals surface area contributed by atoms with Gasteiger partial charge in [0.15, 0.2) is 0 Å². The number of nitrogens with one attached hydrogen (secondary N) is 1. The van der Waals surface area contributed by atoms with Crippen molar-refractivity contribution in [2.75, 3.05) is 20.1 Å². The van der Waals surface area contributed by atoms with Crippen molar-refractivity contribution >= 4 is 5.91 Å². The molecule has 3 nitrogen and oxygen atoms in total. The van der Waals surface area contributed by atoms with Gasteiger partial charge in [-0.15, -0.1) is 0 Å². The first-order valence-corrected chi connectivity index (χ1v) is 8.20. The third-order valence-electron chi connectivity index (χ3n) is 5.07. The number of hydrogen-bond donors (Lipinski definition) is 1. The summed E-state index contributed by atoms with van der Waals surface area (Å²) in [5.41, 5.74) is 0. The Morgan fingerprint density at radius 3 is 2.53 bits per heavy atom. The molecule has 110 valence electrons. The highest BCUT2D eigenvalue weighted by molar-refractivity contribution is 5.79. The molecule has 2 rings (SSSR count). The van der Waals surface area contributed by atoms with Crippen LogP contribution in [0, 0.1) is 11.8 Å². The molecule has 0 aromatic heterocycles. The van der Waals surface area contributed by atoms with Crippen LogP contribution in [0.2, 0.25) is 0 Å². The van der Waals surface area contributed by atoms with E-state index < -0.39 is 0 Å². The van der Waals surface area contributed by atoms with Gasteiger partial charge in [0.25, 0.3) is 0 Å². The molecule has 1 aliphatic carbocycles. The van der Waals surface area contributed by atoms with Crippen LogP contribution in [-0.2, 0) is 4.79 Å². The van der Waals surface area contributed by atoms with Crippen molar-refractivity contribution in [1.82, 2.24) is 10.2 Å². The summed E-state index contributed by atoms with van der Waals surface area (Å²) in [6.45, 7) is 4.14. The van der Waals surface area contributed by atoms with Crippen molar-refractivity contribution in [3.05, 3.63) is 0 Å². The Hall–Kier alpha value is -0.570. The third-order valence-corrected chi connectivity index (χ3v) is 5.07.